The van der Waals surface area contributed by atoms with Crippen molar-refractivity contribution >= 4 is 0 Å². The van der Waals surface area contributed by atoms with E-state index in [0.717, 1.165) is 18.6 Å². The minimum absolute atomic E-state index is 0.0876. The second-order valence-electron chi connectivity index (χ2n) is 6.65. The van der Waals surface area contributed by atoms with Crippen LogP contribution in [0.15, 0.2) is 18.2 Å². The van der Waals surface area contributed by atoms with Gasteiger partial charge in [0.05, 0.1) is 7.11 Å². The van der Waals surface area contributed by atoms with Crippen LogP contribution in [0, 0.1) is 0 Å². The molecule has 0 unspecified atom stereocenters. The van der Waals surface area contributed by atoms with Gasteiger partial charge in [-0.25, -0.2) is 0 Å². The van der Waals surface area contributed by atoms with Crippen LogP contribution in [0.5, 0.6) is 5.75 Å². The SMILES string of the molecule is COc1ccc(C2(N)CCCC2)cc1C1CCCCC1. The lowest BCUT2D eigenvalue weighted by atomic mass is 9.80. The van der Waals surface area contributed by atoms with Crippen molar-refractivity contribution < 1.29 is 4.74 Å². The van der Waals surface area contributed by atoms with Gasteiger partial charge in [-0.15, -0.1) is 0 Å². The quantitative estimate of drug-likeness (QED) is 0.881. The van der Waals surface area contributed by atoms with E-state index >= 15 is 0 Å². The van der Waals surface area contributed by atoms with Crippen molar-refractivity contribution in [3.63, 3.8) is 0 Å². The molecule has 0 spiro atoms. The van der Waals surface area contributed by atoms with Gasteiger partial charge in [0.1, 0.15) is 5.75 Å². The van der Waals surface area contributed by atoms with Crippen LogP contribution in [0.4, 0.5) is 0 Å². The van der Waals surface area contributed by atoms with Gasteiger partial charge in [0, 0.05) is 5.54 Å². The summed E-state index contributed by atoms with van der Waals surface area (Å²) in [7, 11) is 1.79. The van der Waals surface area contributed by atoms with Gasteiger partial charge in [-0.1, -0.05) is 38.2 Å². The molecule has 0 atom stereocenters. The maximum absolute atomic E-state index is 6.63. The Morgan fingerprint density at radius 1 is 1.05 bits per heavy atom. The molecule has 2 N–H and O–H groups in total. The zero-order valence-electron chi connectivity index (χ0n) is 12.7. The van der Waals surface area contributed by atoms with Gasteiger partial charge >= 0.3 is 0 Å². The molecule has 2 saturated carbocycles. The molecule has 2 nitrogen and oxygen atoms in total. The highest BCUT2D eigenvalue weighted by molar-refractivity contribution is 5.42. The Labute approximate surface area is 122 Å². The highest BCUT2D eigenvalue weighted by atomic mass is 16.5. The second-order valence-corrected chi connectivity index (χ2v) is 6.65. The summed E-state index contributed by atoms with van der Waals surface area (Å²) >= 11 is 0. The smallest absolute Gasteiger partial charge is 0.122 e. The highest BCUT2D eigenvalue weighted by Gasteiger charge is 2.32. The highest BCUT2D eigenvalue weighted by Crippen LogP contribution is 2.42. The molecule has 0 heterocycles. The van der Waals surface area contributed by atoms with Crippen molar-refractivity contribution in [1.29, 1.82) is 0 Å². The standard InChI is InChI=1S/C18H27NO/c1-20-17-10-9-15(18(19)11-5-6-12-18)13-16(17)14-7-3-2-4-8-14/h9-10,13-14H,2-8,11-12,19H2,1H3. The second kappa shape index (κ2) is 5.77. The molecule has 0 aromatic heterocycles. The molecule has 3 rings (SSSR count). The maximum atomic E-state index is 6.63. The van der Waals surface area contributed by atoms with Crippen LogP contribution in [0.2, 0.25) is 0 Å². The number of hydrogen-bond donors (Lipinski definition) is 1. The Hall–Kier alpha value is -1.02. The summed E-state index contributed by atoms with van der Waals surface area (Å²) < 4.78 is 5.61. The molecular formula is C18H27NO. The molecule has 2 aliphatic carbocycles. The van der Waals surface area contributed by atoms with Crippen LogP contribution < -0.4 is 10.5 Å². The minimum Gasteiger partial charge on any atom is -0.496 e. The number of hydrogen-bond acceptors (Lipinski definition) is 2. The molecule has 2 fully saturated rings. The van der Waals surface area contributed by atoms with Crippen LogP contribution in [0.3, 0.4) is 0 Å². The van der Waals surface area contributed by atoms with Gasteiger partial charge in [-0.2, -0.15) is 0 Å². The number of rotatable bonds is 3. The molecule has 2 aliphatic rings. The minimum atomic E-state index is -0.0876. The molecule has 0 aliphatic heterocycles. The van der Waals surface area contributed by atoms with Crippen molar-refractivity contribution in [2.24, 2.45) is 5.73 Å². The summed E-state index contributed by atoms with van der Waals surface area (Å²) in [6.07, 6.45) is 11.5. The molecule has 20 heavy (non-hydrogen) atoms. The van der Waals surface area contributed by atoms with Crippen LogP contribution in [-0.2, 0) is 5.54 Å². The lowest BCUT2D eigenvalue weighted by Gasteiger charge is -2.28. The summed E-state index contributed by atoms with van der Waals surface area (Å²) in [6, 6.07) is 6.70. The molecule has 2 heteroatoms. The lowest BCUT2D eigenvalue weighted by Crippen LogP contribution is -2.33. The molecule has 110 valence electrons. The first-order valence-corrected chi connectivity index (χ1v) is 8.20. The Balaban J connectivity index is 1.93. The van der Waals surface area contributed by atoms with E-state index in [-0.39, 0.29) is 5.54 Å². The first-order valence-electron chi connectivity index (χ1n) is 8.20. The molecular weight excluding hydrogens is 246 g/mol. The lowest BCUT2D eigenvalue weighted by molar-refractivity contribution is 0.384. The van der Waals surface area contributed by atoms with E-state index < -0.39 is 0 Å². The Morgan fingerprint density at radius 3 is 2.40 bits per heavy atom. The van der Waals surface area contributed by atoms with E-state index in [1.54, 1.807) is 7.11 Å². The largest absolute Gasteiger partial charge is 0.496 e. The zero-order valence-corrected chi connectivity index (χ0v) is 12.7. The first kappa shape index (κ1) is 13.9. The number of benzene rings is 1. The van der Waals surface area contributed by atoms with Gasteiger partial charge in [-0.05, 0) is 54.9 Å². The van der Waals surface area contributed by atoms with Crippen molar-refractivity contribution in [3.05, 3.63) is 29.3 Å². The van der Waals surface area contributed by atoms with Crippen LogP contribution >= 0.6 is 0 Å². The third-order valence-corrected chi connectivity index (χ3v) is 5.35. The van der Waals surface area contributed by atoms with Crippen LogP contribution in [-0.4, -0.2) is 7.11 Å². The average molecular weight is 273 g/mol. The topological polar surface area (TPSA) is 35.2 Å². The van der Waals surface area contributed by atoms with Gasteiger partial charge < -0.3 is 10.5 Å². The van der Waals surface area contributed by atoms with Gasteiger partial charge in [0.15, 0.2) is 0 Å². The van der Waals surface area contributed by atoms with Gasteiger partial charge in [-0.3, -0.25) is 0 Å². The van der Waals surface area contributed by atoms with E-state index in [2.05, 4.69) is 18.2 Å². The number of nitrogens with two attached hydrogens (primary N) is 1. The third-order valence-electron chi connectivity index (χ3n) is 5.35. The van der Waals surface area contributed by atoms with E-state index in [0.29, 0.717) is 5.92 Å². The average Bonchev–Trinajstić information content (AvgIpc) is 2.95. The summed E-state index contributed by atoms with van der Waals surface area (Å²) in [4.78, 5) is 0. The molecule has 1 aromatic rings. The van der Waals surface area contributed by atoms with Crippen LogP contribution in [0.25, 0.3) is 0 Å². The molecule has 1 aromatic carbocycles. The molecule has 0 radical (unpaired) electrons. The van der Waals surface area contributed by atoms with Crippen LogP contribution in [0.1, 0.15) is 74.8 Å². The van der Waals surface area contributed by atoms with Crippen molar-refractivity contribution in [3.8, 4) is 5.75 Å². The van der Waals surface area contributed by atoms with Crippen molar-refractivity contribution in [1.82, 2.24) is 0 Å². The molecule has 0 amide bonds. The van der Waals surface area contributed by atoms with Gasteiger partial charge in [0.25, 0.3) is 0 Å². The van der Waals surface area contributed by atoms with Crippen molar-refractivity contribution in [2.45, 2.75) is 69.2 Å². The Bertz CT molecular complexity index is 456. The van der Waals surface area contributed by atoms with E-state index in [9.17, 15) is 0 Å². The number of ether oxygens (including phenoxy) is 1. The Kier molecular flexibility index (Phi) is 4.02. The number of methoxy groups -OCH3 is 1. The normalized spacial score (nSPS) is 22.9. The maximum Gasteiger partial charge on any atom is 0.122 e. The predicted molar refractivity (Wildman–Crippen MR) is 83.2 cm³/mol. The fourth-order valence-electron chi connectivity index (χ4n) is 4.07. The van der Waals surface area contributed by atoms with E-state index in [1.165, 1.54) is 56.1 Å². The third kappa shape index (κ3) is 2.58. The Morgan fingerprint density at radius 2 is 1.75 bits per heavy atom. The zero-order chi connectivity index (χ0) is 14.0. The van der Waals surface area contributed by atoms with E-state index in [1.807, 2.05) is 0 Å². The van der Waals surface area contributed by atoms with Crippen molar-refractivity contribution in [2.75, 3.05) is 7.11 Å². The first-order chi connectivity index (χ1) is 9.73. The van der Waals surface area contributed by atoms with Gasteiger partial charge in [0.2, 0.25) is 0 Å². The van der Waals surface area contributed by atoms with E-state index in [4.69, 9.17) is 10.5 Å². The fraction of sp³-hybridized carbons (Fsp3) is 0.667. The fourth-order valence-corrected chi connectivity index (χ4v) is 4.07. The summed E-state index contributed by atoms with van der Waals surface area (Å²) in [5.41, 5.74) is 9.28. The molecule has 0 saturated heterocycles. The summed E-state index contributed by atoms with van der Waals surface area (Å²) in [5, 5.41) is 0. The summed E-state index contributed by atoms with van der Waals surface area (Å²) in [6.45, 7) is 0. The molecule has 0 bridgehead atoms. The monoisotopic (exact) mass is 273 g/mol. The predicted octanol–water partition coefficient (Wildman–Crippen LogP) is 4.47. The summed E-state index contributed by atoms with van der Waals surface area (Å²) in [5.74, 6) is 1.73.